The second-order valence-electron chi connectivity index (χ2n) is 5.01. The molecule has 5 nitrogen and oxygen atoms in total. The Labute approximate surface area is 115 Å². The largest absolute Gasteiger partial charge is 0.478 e. The lowest BCUT2D eigenvalue weighted by Gasteiger charge is -2.10. The number of rotatable bonds is 9. The molecule has 0 aliphatic heterocycles. The number of ether oxygens (including phenoxy) is 1. The molecule has 5 heteroatoms. The zero-order chi connectivity index (χ0) is 14.1. The van der Waals surface area contributed by atoms with Crippen LogP contribution in [0.2, 0.25) is 0 Å². The maximum atomic E-state index is 5.67. The van der Waals surface area contributed by atoms with Crippen LogP contribution in [0.15, 0.2) is 6.07 Å². The minimum atomic E-state index is 0.250. The molecule has 0 bridgehead atoms. The highest BCUT2D eigenvalue weighted by Gasteiger charge is 2.08. The van der Waals surface area contributed by atoms with Gasteiger partial charge in [-0.3, -0.25) is 0 Å². The predicted octanol–water partition coefficient (Wildman–Crippen LogP) is 3.23. The van der Waals surface area contributed by atoms with Crippen LogP contribution in [0.4, 0.5) is 5.82 Å². The highest BCUT2D eigenvalue weighted by molar-refractivity contribution is 5.37. The number of anilines is 1. The van der Waals surface area contributed by atoms with Gasteiger partial charge in [0.05, 0.1) is 6.61 Å². The van der Waals surface area contributed by atoms with E-state index in [-0.39, 0.29) is 5.92 Å². The number of nitrogens with one attached hydrogen (secondary N) is 1. The van der Waals surface area contributed by atoms with Crippen molar-refractivity contribution in [3.8, 4) is 5.88 Å². The Bertz CT molecular complexity index is 368. The van der Waals surface area contributed by atoms with Gasteiger partial charge in [0, 0.05) is 12.0 Å². The van der Waals surface area contributed by atoms with Crippen LogP contribution in [0.25, 0.3) is 0 Å². The lowest BCUT2D eigenvalue weighted by atomic mass is 10.2. The van der Waals surface area contributed by atoms with Gasteiger partial charge in [0.2, 0.25) is 5.88 Å². The van der Waals surface area contributed by atoms with Crippen LogP contribution in [0.1, 0.15) is 64.6 Å². The molecule has 1 heterocycles. The van der Waals surface area contributed by atoms with E-state index in [1.54, 1.807) is 6.07 Å². The van der Waals surface area contributed by atoms with Crippen molar-refractivity contribution in [2.45, 2.75) is 58.8 Å². The molecule has 3 N–H and O–H groups in total. The summed E-state index contributed by atoms with van der Waals surface area (Å²) in [6, 6.07) is 1.73. The molecular weight excluding hydrogens is 240 g/mol. The summed E-state index contributed by atoms with van der Waals surface area (Å²) in [5.74, 6) is 7.59. The maximum Gasteiger partial charge on any atom is 0.218 e. The van der Waals surface area contributed by atoms with Crippen LogP contribution in [0.5, 0.6) is 5.88 Å². The number of unbranched alkanes of at least 4 members (excludes halogenated alkanes) is 4. The average Bonchev–Trinajstić information content (AvgIpc) is 2.42. The molecule has 1 rings (SSSR count). The van der Waals surface area contributed by atoms with Crippen LogP contribution < -0.4 is 16.0 Å². The molecule has 0 fully saturated rings. The molecule has 19 heavy (non-hydrogen) atoms. The quantitative estimate of drug-likeness (QED) is 0.408. The highest BCUT2D eigenvalue weighted by atomic mass is 16.5. The van der Waals surface area contributed by atoms with E-state index in [0.717, 1.165) is 12.2 Å². The Kier molecular flexibility index (Phi) is 7.18. The van der Waals surface area contributed by atoms with Crippen LogP contribution in [-0.4, -0.2) is 16.6 Å². The lowest BCUT2D eigenvalue weighted by Crippen LogP contribution is -2.12. The van der Waals surface area contributed by atoms with Gasteiger partial charge in [0.1, 0.15) is 11.6 Å². The van der Waals surface area contributed by atoms with Crippen molar-refractivity contribution in [2.75, 3.05) is 12.0 Å². The fourth-order valence-corrected chi connectivity index (χ4v) is 1.73. The Morgan fingerprint density at radius 2 is 1.95 bits per heavy atom. The molecule has 0 amide bonds. The van der Waals surface area contributed by atoms with E-state index in [2.05, 4.69) is 22.3 Å². The first-order valence-electron chi connectivity index (χ1n) is 7.15. The second kappa shape index (κ2) is 8.69. The van der Waals surface area contributed by atoms with E-state index >= 15 is 0 Å². The van der Waals surface area contributed by atoms with Crippen molar-refractivity contribution in [2.24, 2.45) is 5.84 Å². The lowest BCUT2D eigenvalue weighted by molar-refractivity contribution is 0.291. The van der Waals surface area contributed by atoms with Gasteiger partial charge in [-0.1, -0.05) is 46.5 Å². The molecule has 0 saturated heterocycles. The molecule has 1 aromatic rings. The Hall–Kier alpha value is -1.36. The number of nitrogen functional groups attached to an aromatic ring is 1. The van der Waals surface area contributed by atoms with Crippen molar-refractivity contribution >= 4 is 5.82 Å². The summed E-state index contributed by atoms with van der Waals surface area (Å²) in [6.45, 7) is 7.00. The zero-order valence-electron chi connectivity index (χ0n) is 12.3. The van der Waals surface area contributed by atoms with Crippen molar-refractivity contribution < 1.29 is 4.74 Å². The Morgan fingerprint density at radius 3 is 2.58 bits per heavy atom. The summed E-state index contributed by atoms with van der Waals surface area (Å²) in [7, 11) is 0. The smallest absolute Gasteiger partial charge is 0.218 e. The van der Waals surface area contributed by atoms with E-state index < -0.39 is 0 Å². The zero-order valence-corrected chi connectivity index (χ0v) is 12.3. The first-order valence-corrected chi connectivity index (χ1v) is 7.15. The SMILES string of the molecule is CCCCCCCOc1cc(NN)nc(C(C)C)n1. The average molecular weight is 266 g/mol. The molecule has 1 aromatic heterocycles. The molecule has 0 aliphatic carbocycles. The van der Waals surface area contributed by atoms with Gasteiger partial charge in [-0.2, -0.15) is 4.98 Å². The minimum Gasteiger partial charge on any atom is -0.478 e. The molecule has 0 aliphatic rings. The van der Waals surface area contributed by atoms with Crippen molar-refractivity contribution in [3.05, 3.63) is 11.9 Å². The summed E-state index contributed by atoms with van der Waals surface area (Å²) in [4.78, 5) is 8.68. The van der Waals surface area contributed by atoms with Gasteiger partial charge in [-0.25, -0.2) is 10.8 Å². The number of hydrogen-bond acceptors (Lipinski definition) is 5. The van der Waals surface area contributed by atoms with Gasteiger partial charge in [-0.15, -0.1) is 0 Å². The first-order chi connectivity index (χ1) is 9.17. The number of nitrogens with zero attached hydrogens (tertiary/aromatic N) is 2. The normalized spacial score (nSPS) is 10.8. The van der Waals surface area contributed by atoms with E-state index in [1.165, 1.54) is 25.7 Å². The Balaban J connectivity index is 2.46. The Morgan fingerprint density at radius 1 is 1.21 bits per heavy atom. The number of hydrogen-bond donors (Lipinski definition) is 2. The maximum absolute atomic E-state index is 5.67. The van der Waals surface area contributed by atoms with Gasteiger partial charge in [0.15, 0.2) is 0 Å². The monoisotopic (exact) mass is 266 g/mol. The third-order valence-corrected chi connectivity index (χ3v) is 2.88. The van der Waals surface area contributed by atoms with Crippen LogP contribution in [-0.2, 0) is 0 Å². The summed E-state index contributed by atoms with van der Waals surface area (Å²) < 4.78 is 5.67. The number of aromatic nitrogens is 2. The van der Waals surface area contributed by atoms with Crippen molar-refractivity contribution in [1.82, 2.24) is 9.97 Å². The van der Waals surface area contributed by atoms with Crippen molar-refractivity contribution in [1.29, 1.82) is 0 Å². The summed E-state index contributed by atoms with van der Waals surface area (Å²) in [5.41, 5.74) is 2.55. The highest BCUT2D eigenvalue weighted by Crippen LogP contribution is 2.18. The third kappa shape index (κ3) is 5.87. The second-order valence-corrected chi connectivity index (χ2v) is 5.01. The van der Waals surface area contributed by atoms with Crippen LogP contribution in [0.3, 0.4) is 0 Å². The van der Waals surface area contributed by atoms with Crippen LogP contribution in [0, 0.1) is 0 Å². The molecular formula is C14H26N4O. The van der Waals surface area contributed by atoms with Gasteiger partial charge < -0.3 is 10.2 Å². The molecule has 0 atom stereocenters. The molecule has 108 valence electrons. The fourth-order valence-electron chi connectivity index (χ4n) is 1.73. The molecule has 0 saturated carbocycles. The standard InChI is InChI=1S/C14H26N4O/c1-4-5-6-7-8-9-19-13-10-12(18-15)16-14(17-13)11(2)3/h10-11H,4-9,15H2,1-3H3,(H,16,17,18). The summed E-state index contributed by atoms with van der Waals surface area (Å²) in [6.07, 6.45) is 6.10. The van der Waals surface area contributed by atoms with Crippen molar-refractivity contribution in [3.63, 3.8) is 0 Å². The topological polar surface area (TPSA) is 73.1 Å². The van der Waals surface area contributed by atoms with E-state index in [0.29, 0.717) is 18.3 Å². The van der Waals surface area contributed by atoms with Gasteiger partial charge in [0.25, 0.3) is 0 Å². The molecule has 0 unspecified atom stereocenters. The molecule has 0 spiro atoms. The van der Waals surface area contributed by atoms with E-state index in [1.807, 2.05) is 13.8 Å². The van der Waals surface area contributed by atoms with Gasteiger partial charge >= 0.3 is 0 Å². The fraction of sp³-hybridized carbons (Fsp3) is 0.714. The minimum absolute atomic E-state index is 0.250. The predicted molar refractivity (Wildman–Crippen MR) is 78.2 cm³/mol. The first kappa shape index (κ1) is 15.7. The van der Waals surface area contributed by atoms with E-state index in [9.17, 15) is 0 Å². The van der Waals surface area contributed by atoms with Crippen LogP contribution >= 0.6 is 0 Å². The summed E-state index contributed by atoms with van der Waals surface area (Å²) in [5, 5.41) is 0. The number of nitrogens with two attached hydrogens (primary N) is 1. The molecule has 0 aromatic carbocycles. The number of hydrazine groups is 1. The van der Waals surface area contributed by atoms with Gasteiger partial charge in [-0.05, 0) is 6.42 Å². The summed E-state index contributed by atoms with van der Waals surface area (Å²) >= 11 is 0. The third-order valence-electron chi connectivity index (χ3n) is 2.88. The molecule has 0 radical (unpaired) electrons. The van der Waals surface area contributed by atoms with E-state index in [4.69, 9.17) is 10.6 Å².